The Balaban J connectivity index is 2.08. The van der Waals surface area contributed by atoms with Gasteiger partial charge in [-0.15, -0.1) is 11.8 Å². The van der Waals surface area contributed by atoms with E-state index in [0.717, 1.165) is 11.8 Å². The Kier molecular flexibility index (Phi) is 6.02. The second-order valence-electron chi connectivity index (χ2n) is 9.54. The van der Waals surface area contributed by atoms with Crippen molar-refractivity contribution in [2.75, 3.05) is 27.2 Å². The van der Waals surface area contributed by atoms with Crippen LogP contribution in [0.4, 0.5) is 0 Å². The van der Waals surface area contributed by atoms with E-state index >= 15 is 0 Å². The minimum Gasteiger partial charge on any atom is -0.381 e. The minimum absolute atomic E-state index is 0.171. The molecule has 6 atom stereocenters. The molecular formula is C24H39N3O4S. The van der Waals surface area contributed by atoms with Gasteiger partial charge in [0.1, 0.15) is 5.54 Å². The Morgan fingerprint density at radius 1 is 1.44 bits per heavy atom. The fourth-order valence-corrected chi connectivity index (χ4v) is 6.64. The second kappa shape index (κ2) is 9.11. The molecule has 0 unspecified atom stereocenters. The first-order valence-electron chi connectivity index (χ1n) is 12.9. The second-order valence-corrected chi connectivity index (χ2v) is 10.6. The zero-order valence-electron chi connectivity index (χ0n) is 23.4. The summed E-state index contributed by atoms with van der Waals surface area (Å²) in [5, 5.41) is 0.986. The van der Waals surface area contributed by atoms with Crippen LogP contribution in [0.2, 0.25) is 0 Å². The van der Waals surface area contributed by atoms with Gasteiger partial charge in [-0.3, -0.25) is 14.4 Å². The first-order chi connectivity index (χ1) is 16.1. The van der Waals surface area contributed by atoms with E-state index < -0.39 is 22.7 Å². The number of allylic oxidation sites excluding steroid dienone is 1. The van der Waals surface area contributed by atoms with E-state index in [0.29, 0.717) is 30.6 Å². The summed E-state index contributed by atoms with van der Waals surface area (Å²) in [7, 11) is 3.24. The smallest absolute Gasteiger partial charge is 0.242 e. The Labute approximate surface area is 200 Å². The fraction of sp³-hybridized carbons (Fsp3) is 0.792. The third kappa shape index (κ3) is 3.44. The van der Waals surface area contributed by atoms with Crippen LogP contribution in [-0.4, -0.2) is 78.0 Å². The first-order valence-corrected chi connectivity index (χ1v) is 12.3. The molecule has 3 heterocycles. The largest absolute Gasteiger partial charge is 0.381 e. The molecule has 32 heavy (non-hydrogen) atoms. The van der Waals surface area contributed by atoms with Gasteiger partial charge in [0.25, 0.3) is 0 Å². The molecule has 0 aromatic heterocycles. The van der Waals surface area contributed by atoms with Gasteiger partial charge in [-0.2, -0.15) is 0 Å². The van der Waals surface area contributed by atoms with Gasteiger partial charge in [-0.1, -0.05) is 27.7 Å². The summed E-state index contributed by atoms with van der Waals surface area (Å²) < 4.78 is 32.8. The minimum atomic E-state index is -2.27. The van der Waals surface area contributed by atoms with Crippen molar-refractivity contribution in [1.82, 2.24) is 15.1 Å². The molecule has 0 spiro atoms. The number of nitrogens with zero attached hydrogens (tertiary/aromatic N) is 2. The van der Waals surface area contributed by atoms with Gasteiger partial charge in [0.15, 0.2) is 6.29 Å². The summed E-state index contributed by atoms with van der Waals surface area (Å²) in [5.74, 6) is -1.07. The van der Waals surface area contributed by atoms with Crippen LogP contribution in [-0.2, 0) is 19.1 Å². The van der Waals surface area contributed by atoms with Gasteiger partial charge in [0, 0.05) is 52.8 Å². The van der Waals surface area contributed by atoms with Crippen molar-refractivity contribution >= 4 is 29.9 Å². The molecule has 0 saturated carbocycles. The first kappa shape index (κ1) is 21.2. The third-order valence-electron chi connectivity index (χ3n) is 7.81. The van der Waals surface area contributed by atoms with E-state index in [4.69, 9.17) is 7.48 Å². The lowest BCUT2D eigenvalue weighted by molar-refractivity contribution is -0.163. The lowest BCUT2D eigenvalue weighted by atomic mass is 9.73. The number of ether oxygens (including phenoxy) is 1. The number of amides is 2. The third-order valence-corrected chi connectivity index (χ3v) is 9.36. The molecule has 7 nitrogen and oxygen atoms in total. The van der Waals surface area contributed by atoms with Crippen LogP contribution in [0.5, 0.6) is 0 Å². The molecule has 2 fully saturated rings. The Hall–Kier alpha value is -1.38. The maximum Gasteiger partial charge on any atom is 0.242 e. The van der Waals surface area contributed by atoms with E-state index in [1.54, 1.807) is 34.9 Å². The Morgan fingerprint density at radius 2 is 2.09 bits per heavy atom. The maximum absolute atomic E-state index is 13.4. The van der Waals surface area contributed by atoms with E-state index in [2.05, 4.69) is 5.32 Å². The van der Waals surface area contributed by atoms with Crippen molar-refractivity contribution < 1.29 is 23.2 Å². The van der Waals surface area contributed by atoms with Crippen molar-refractivity contribution in [3.8, 4) is 0 Å². The number of hydrogen-bond acceptors (Lipinski definition) is 6. The highest BCUT2D eigenvalue weighted by atomic mass is 32.2. The van der Waals surface area contributed by atoms with Crippen LogP contribution >= 0.6 is 11.8 Å². The van der Waals surface area contributed by atoms with Gasteiger partial charge >= 0.3 is 0 Å². The molecular weight excluding hydrogens is 426 g/mol. The predicted octanol–water partition coefficient (Wildman–Crippen LogP) is 2.66. The maximum atomic E-state index is 13.4. The van der Waals surface area contributed by atoms with Crippen LogP contribution < -0.4 is 5.32 Å². The number of nitrogens with one attached hydrogen (secondary N) is 1. The highest BCUT2D eigenvalue weighted by Crippen LogP contribution is 2.56. The molecule has 3 rings (SSSR count). The molecule has 0 aromatic carbocycles. The normalized spacial score (nSPS) is 39.6. The number of thioether (sulfide) groups is 1. The number of carbonyl (C=O) groups is 3. The number of rotatable bonds is 9. The molecule has 2 amide bonds. The van der Waals surface area contributed by atoms with Crippen LogP contribution in [0.15, 0.2) is 10.6 Å². The molecule has 1 N–H and O–H groups in total. The number of β-lactam (4-membered cyclic amide) rings is 1. The van der Waals surface area contributed by atoms with Crippen molar-refractivity contribution in [2.45, 2.75) is 77.3 Å². The Morgan fingerprint density at radius 3 is 2.59 bits per heavy atom. The van der Waals surface area contributed by atoms with Gasteiger partial charge in [0.2, 0.25) is 11.8 Å². The fourth-order valence-electron chi connectivity index (χ4n) is 5.15. The molecule has 2 saturated heterocycles. The SMILES string of the molecule is [2H]C1([2H])N[C@](C)(C(=O)N(C)CC)C(C)(C)[C@]1([2H])SC1=C(C=O)N2C(=O)[C@H]([C@@H](CC)OC)[C@H]2[C@H]1CC. The monoisotopic (exact) mass is 468 g/mol. The zero-order chi connectivity index (χ0) is 26.7. The van der Waals surface area contributed by atoms with Crippen LogP contribution in [0.1, 0.15) is 58.5 Å². The standard InChI is InChI=1S/C24H39N3O4S/c1-9-14-19-18(16(10-2)31-8)21(29)27(19)15(13-28)20(14)32-17-12-25-24(6,23(17,4)5)22(30)26(7)11-3/h13-14,16-19,25H,9-12H2,1-8H3/t14-,16-,17-,18-,19-,24-/m1/s1/i12D2,17D. The van der Waals surface area contributed by atoms with Crippen molar-refractivity contribution in [2.24, 2.45) is 17.3 Å². The topological polar surface area (TPSA) is 79.0 Å². The molecule has 0 aliphatic carbocycles. The quantitative estimate of drug-likeness (QED) is 0.414. The van der Waals surface area contributed by atoms with E-state index in [1.165, 1.54) is 9.80 Å². The van der Waals surface area contributed by atoms with Gasteiger partial charge in [-0.05, 0) is 26.7 Å². The average Bonchev–Trinajstić information content (AvgIpc) is 3.13. The average molecular weight is 469 g/mol. The molecule has 0 bridgehead atoms. The van der Waals surface area contributed by atoms with E-state index in [-0.39, 0.29) is 41.5 Å². The number of hydrogen-bond donors (Lipinski definition) is 1. The van der Waals surface area contributed by atoms with Gasteiger partial charge < -0.3 is 19.9 Å². The lowest BCUT2D eigenvalue weighted by Gasteiger charge is -2.48. The highest BCUT2D eigenvalue weighted by Gasteiger charge is 2.62. The number of carbonyl (C=O) groups excluding carboxylic acids is 3. The highest BCUT2D eigenvalue weighted by molar-refractivity contribution is 8.03. The molecule has 180 valence electrons. The Bertz CT molecular complexity index is 941. The van der Waals surface area contributed by atoms with Crippen molar-refractivity contribution in [1.29, 1.82) is 0 Å². The summed E-state index contributed by atoms with van der Waals surface area (Å²) >= 11 is 0.986. The number of methoxy groups -OCH3 is 1. The number of fused-ring (bicyclic) bond motifs is 1. The van der Waals surface area contributed by atoms with Crippen molar-refractivity contribution in [3.63, 3.8) is 0 Å². The van der Waals surface area contributed by atoms with Crippen LogP contribution in [0, 0.1) is 17.3 Å². The molecule has 0 radical (unpaired) electrons. The lowest BCUT2D eigenvalue weighted by Crippen LogP contribution is -2.64. The van der Waals surface area contributed by atoms with Crippen LogP contribution in [0.25, 0.3) is 0 Å². The summed E-state index contributed by atoms with van der Waals surface area (Å²) in [5.41, 5.74) is -2.34. The summed E-state index contributed by atoms with van der Waals surface area (Å²) in [6.07, 6.45) is 1.64. The van der Waals surface area contributed by atoms with Gasteiger partial charge in [0.05, 0.1) is 23.8 Å². The molecule has 0 aromatic rings. The van der Waals surface area contributed by atoms with E-state index in [9.17, 15) is 15.8 Å². The van der Waals surface area contributed by atoms with Crippen LogP contribution in [0.3, 0.4) is 0 Å². The zero-order valence-corrected chi connectivity index (χ0v) is 21.3. The van der Waals surface area contributed by atoms with E-state index in [1.807, 2.05) is 20.8 Å². The summed E-state index contributed by atoms with van der Waals surface area (Å²) in [6.45, 7) is 9.05. The molecule has 3 aliphatic heterocycles. The number of aldehydes is 1. The molecule has 3 aliphatic rings. The summed E-state index contributed by atoms with van der Waals surface area (Å²) in [6, 6.07) is -0.258. The van der Waals surface area contributed by atoms with Crippen molar-refractivity contribution in [3.05, 3.63) is 10.6 Å². The predicted molar refractivity (Wildman–Crippen MR) is 127 cm³/mol. The number of likely N-dealkylation sites (N-methyl/N-ethyl adjacent to an activating group) is 1. The van der Waals surface area contributed by atoms with Gasteiger partial charge in [-0.25, -0.2) is 0 Å². The molecule has 8 heteroatoms. The summed E-state index contributed by atoms with van der Waals surface area (Å²) in [4.78, 5) is 42.3.